The quantitative estimate of drug-likeness (QED) is 0.936. The fourth-order valence-corrected chi connectivity index (χ4v) is 3.17. The Bertz CT molecular complexity index is 660. The lowest BCUT2D eigenvalue weighted by Crippen LogP contribution is -2.47. The average Bonchev–Trinajstić information content (AvgIpc) is 2.83. The van der Waals surface area contributed by atoms with Crippen LogP contribution in [0.1, 0.15) is 31.0 Å². The summed E-state index contributed by atoms with van der Waals surface area (Å²) < 4.78 is 1.84. The smallest absolute Gasteiger partial charge is 0.0861 e. The highest BCUT2D eigenvalue weighted by molar-refractivity contribution is 5.50. The molecule has 3 rings (SSSR count). The molecule has 0 aliphatic heterocycles. The molecule has 1 saturated carbocycles. The normalized spacial score (nSPS) is 24.1. The third kappa shape index (κ3) is 2.40. The van der Waals surface area contributed by atoms with Crippen molar-refractivity contribution < 1.29 is 0 Å². The lowest BCUT2D eigenvalue weighted by Gasteiger charge is -2.43. The number of hydrogen-bond donors (Lipinski definition) is 1. The number of nitrogens with one attached hydrogen (secondary N) is 1. The van der Waals surface area contributed by atoms with Gasteiger partial charge in [-0.05, 0) is 24.8 Å². The molecule has 1 fully saturated rings. The van der Waals surface area contributed by atoms with Gasteiger partial charge in [-0.25, -0.2) is 0 Å². The van der Waals surface area contributed by atoms with Gasteiger partial charge in [-0.2, -0.15) is 10.4 Å². The van der Waals surface area contributed by atoms with Crippen LogP contribution in [0.3, 0.4) is 0 Å². The topological polar surface area (TPSA) is 53.6 Å². The minimum absolute atomic E-state index is 0.326. The van der Waals surface area contributed by atoms with Gasteiger partial charge in [-0.15, -0.1) is 0 Å². The van der Waals surface area contributed by atoms with Gasteiger partial charge >= 0.3 is 0 Å². The summed E-state index contributed by atoms with van der Waals surface area (Å²) in [5.41, 5.74) is 3.00. The van der Waals surface area contributed by atoms with Crippen LogP contribution in [0.25, 0.3) is 0 Å². The molecule has 0 unspecified atom stereocenters. The van der Waals surface area contributed by atoms with Crippen molar-refractivity contribution in [1.29, 1.82) is 5.26 Å². The van der Waals surface area contributed by atoms with Gasteiger partial charge < -0.3 is 5.32 Å². The number of aromatic nitrogens is 2. The lowest BCUT2D eigenvalue weighted by atomic mass is 9.62. The molecule has 21 heavy (non-hydrogen) atoms. The molecule has 1 aromatic carbocycles. The van der Waals surface area contributed by atoms with E-state index in [0.717, 1.165) is 36.2 Å². The van der Waals surface area contributed by atoms with Crippen molar-refractivity contribution >= 4 is 5.69 Å². The van der Waals surface area contributed by atoms with Crippen molar-refractivity contribution in [3.8, 4) is 6.07 Å². The molecule has 1 aromatic heterocycles. The highest BCUT2D eigenvalue weighted by Crippen LogP contribution is 2.44. The highest BCUT2D eigenvalue weighted by Gasteiger charge is 2.46. The Morgan fingerprint density at radius 2 is 2.10 bits per heavy atom. The molecule has 0 amide bonds. The Morgan fingerprint density at radius 3 is 2.71 bits per heavy atom. The van der Waals surface area contributed by atoms with Crippen molar-refractivity contribution in [1.82, 2.24) is 9.78 Å². The maximum Gasteiger partial charge on any atom is 0.0861 e. The van der Waals surface area contributed by atoms with Crippen molar-refractivity contribution in [2.45, 2.75) is 37.6 Å². The van der Waals surface area contributed by atoms with E-state index in [-0.39, 0.29) is 5.41 Å². The summed E-state index contributed by atoms with van der Waals surface area (Å²) in [5, 5.41) is 17.6. The number of rotatable bonds is 4. The molecule has 4 nitrogen and oxygen atoms in total. The van der Waals surface area contributed by atoms with E-state index >= 15 is 0 Å². The summed E-state index contributed by atoms with van der Waals surface area (Å²) in [6.07, 6.45) is 4.64. The molecule has 0 atom stereocenters. The van der Waals surface area contributed by atoms with Crippen LogP contribution in [0.4, 0.5) is 5.69 Å². The monoisotopic (exact) mass is 280 g/mol. The van der Waals surface area contributed by atoms with Gasteiger partial charge in [0.1, 0.15) is 0 Å². The predicted octanol–water partition coefficient (Wildman–Crippen LogP) is 3.02. The third-order valence-electron chi connectivity index (χ3n) is 4.33. The molecule has 0 spiro atoms. The first-order valence-corrected chi connectivity index (χ1v) is 7.42. The fourth-order valence-electron chi connectivity index (χ4n) is 3.17. The summed E-state index contributed by atoms with van der Waals surface area (Å²) in [6, 6.07) is 13.0. The molecule has 1 heterocycles. The highest BCUT2D eigenvalue weighted by atomic mass is 15.3. The van der Waals surface area contributed by atoms with E-state index in [2.05, 4.69) is 35.5 Å². The van der Waals surface area contributed by atoms with E-state index in [1.807, 2.05) is 36.1 Å². The molecule has 0 bridgehead atoms. The zero-order valence-electron chi connectivity index (χ0n) is 12.5. The minimum Gasteiger partial charge on any atom is -0.379 e. The summed E-state index contributed by atoms with van der Waals surface area (Å²) in [4.78, 5) is 0. The summed E-state index contributed by atoms with van der Waals surface area (Å²) in [5.74, 6) is 0. The van der Waals surface area contributed by atoms with Crippen molar-refractivity contribution in [2.75, 3.05) is 5.32 Å². The van der Waals surface area contributed by atoms with Crippen LogP contribution in [-0.2, 0) is 18.9 Å². The molecule has 2 aromatic rings. The molecule has 1 N–H and O–H groups in total. The van der Waals surface area contributed by atoms with Gasteiger partial charge in [0.15, 0.2) is 0 Å². The van der Waals surface area contributed by atoms with Crippen molar-refractivity contribution in [2.24, 2.45) is 7.05 Å². The molecule has 4 heteroatoms. The molecule has 0 saturated heterocycles. The standard InChI is InChI=1S/C17H20N4/c1-3-15-16(11-21(2)20-15)19-14-9-17(10-14,12-18)13-7-5-4-6-8-13/h4-8,11,14,19H,3,9-10H2,1-2H3. The van der Waals surface area contributed by atoms with Crippen molar-refractivity contribution in [3.05, 3.63) is 47.8 Å². The van der Waals surface area contributed by atoms with Gasteiger partial charge in [0.2, 0.25) is 0 Å². The number of hydrogen-bond acceptors (Lipinski definition) is 3. The molecule has 108 valence electrons. The van der Waals surface area contributed by atoms with Crippen LogP contribution in [-0.4, -0.2) is 15.8 Å². The predicted molar refractivity (Wildman–Crippen MR) is 83.0 cm³/mol. The van der Waals surface area contributed by atoms with E-state index in [1.165, 1.54) is 0 Å². The second kappa shape index (κ2) is 5.25. The molecule has 0 radical (unpaired) electrons. The Morgan fingerprint density at radius 1 is 1.38 bits per heavy atom. The summed E-state index contributed by atoms with van der Waals surface area (Å²) >= 11 is 0. The zero-order valence-corrected chi connectivity index (χ0v) is 12.5. The first kappa shape index (κ1) is 13.7. The molecular formula is C17H20N4. The Labute approximate surface area is 125 Å². The SMILES string of the molecule is CCc1nn(C)cc1NC1CC(C#N)(c2ccccc2)C1. The van der Waals surface area contributed by atoms with Crippen LogP contribution < -0.4 is 5.32 Å². The van der Waals surface area contributed by atoms with Gasteiger partial charge in [-0.3, -0.25) is 4.68 Å². The van der Waals surface area contributed by atoms with Crippen LogP contribution in [0.5, 0.6) is 0 Å². The van der Waals surface area contributed by atoms with E-state index in [9.17, 15) is 5.26 Å². The largest absolute Gasteiger partial charge is 0.379 e. The Balaban J connectivity index is 1.71. The minimum atomic E-state index is -0.326. The first-order chi connectivity index (χ1) is 10.2. The summed E-state index contributed by atoms with van der Waals surface area (Å²) in [6.45, 7) is 2.11. The maximum absolute atomic E-state index is 9.58. The molecule has 1 aliphatic rings. The second-order valence-corrected chi connectivity index (χ2v) is 5.83. The summed E-state index contributed by atoms with van der Waals surface area (Å²) in [7, 11) is 1.94. The van der Waals surface area contributed by atoms with Crippen LogP contribution in [0, 0.1) is 11.3 Å². The number of nitrogens with zero attached hydrogens (tertiary/aromatic N) is 3. The van der Waals surface area contributed by atoms with Gasteiger partial charge in [-0.1, -0.05) is 37.3 Å². The number of benzene rings is 1. The molecular weight excluding hydrogens is 260 g/mol. The fraction of sp³-hybridized carbons (Fsp3) is 0.412. The van der Waals surface area contributed by atoms with Crippen LogP contribution in [0.2, 0.25) is 0 Å². The number of anilines is 1. The molecule has 1 aliphatic carbocycles. The van der Waals surface area contributed by atoms with Crippen LogP contribution >= 0.6 is 0 Å². The third-order valence-corrected chi connectivity index (χ3v) is 4.33. The zero-order chi connectivity index (χ0) is 14.9. The van der Waals surface area contributed by atoms with Gasteiger partial charge in [0.05, 0.1) is 22.9 Å². The van der Waals surface area contributed by atoms with E-state index in [4.69, 9.17) is 0 Å². The Hall–Kier alpha value is -2.28. The van der Waals surface area contributed by atoms with Gasteiger partial charge in [0.25, 0.3) is 0 Å². The van der Waals surface area contributed by atoms with E-state index < -0.39 is 0 Å². The number of aryl methyl sites for hydroxylation is 2. The van der Waals surface area contributed by atoms with Crippen molar-refractivity contribution in [3.63, 3.8) is 0 Å². The first-order valence-electron chi connectivity index (χ1n) is 7.42. The lowest BCUT2D eigenvalue weighted by molar-refractivity contribution is 0.289. The average molecular weight is 280 g/mol. The van der Waals surface area contributed by atoms with E-state index in [1.54, 1.807) is 0 Å². The van der Waals surface area contributed by atoms with E-state index in [0.29, 0.717) is 6.04 Å². The van der Waals surface area contributed by atoms with Crippen LogP contribution in [0.15, 0.2) is 36.5 Å². The van der Waals surface area contributed by atoms with Gasteiger partial charge in [0, 0.05) is 19.3 Å². The Kier molecular flexibility index (Phi) is 3.42. The second-order valence-electron chi connectivity index (χ2n) is 5.83. The number of nitriles is 1. The maximum atomic E-state index is 9.58.